The summed E-state index contributed by atoms with van der Waals surface area (Å²) < 4.78 is 16.0. The van der Waals surface area contributed by atoms with Crippen molar-refractivity contribution in [2.45, 2.75) is 38.6 Å². The second-order valence-corrected chi connectivity index (χ2v) is 3.59. The Kier molecular flexibility index (Phi) is 3.50. The van der Waals surface area contributed by atoms with Crippen molar-refractivity contribution in [1.29, 1.82) is 0 Å². The molecule has 0 aromatic rings. The number of ether oxygens (including phenoxy) is 3. The highest BCUT2D eigenvalue weighted by molar-refractivity contribution is 4.70. The van der Waals surface area contributed by atoms with E-state index in [0.29, 0.717) is 0 Å². The van der Waals surface area contributed by atoms with E-state index in [2.05, 4.69) is 0 Å². The summed E-state index contributed by atoms with van der Waals surface area (Å²) in [5.74, 6) is -0.377. The van der Waals surface area contributed by atoms with Crippen molar-refractivity contribution >= 4 is 0 Å². The fraction of sp³-hybridized carbons (Fsp3) is 1.00. The van der Waals surface area contributed by atoms with Crippen molar-refractivity contribution in [3.63, 3.8) is 0 Å². The molecule has 72 valence electrons. The van der Waals surface area contributed by atoms with Gasteiger partial charge in [0.25, 0.3) is 0 Å². The lowest BCUT2D eigenvalue weighted by molar-refractivity contribution is -0.139. The van der Waals surface area contributed by atoms with Crippen molar-refractivity contribution in [3.8, 4) is 0 Å². The Hall–Kier alpha value is -0.120. The van der Waals surface area contributed by atoms with Crippen LogP contribution in [0.5, 0.6) is 0 Å². The lowest BCUT2D eigenvalue weighted by Crippen LogP contribution is -2.21. The van der Waals surface area contributed by atoms with Gasteiger partial charge in [-0.1, -0.05) is 0 Å². The summed E-state index contributed by atoms with van der Waals surface area (Å²) in [7, 11) is 1.72. The highest BCUT2D eigenvalue weighted by atomic mass is 16.7. The van der Waals surface area contributed by atoms with E-state index in [1.165, 1.54) is 0 Å². The molecular formula is C9H18O3. The van der Waals surface area contributed by atoms with Crippen LogP contribution in [0.15, 0.2) is 0 Å². The molecule has 1 fully saturated rings. The van der Waals surface area contributed by atoms with Gasteiger partial charge in [0.05, 0.1) is 12.7 Å². The molecule has 3 nitrogen and oxygen atoms in total. The fourth-order valence-corrected chi connectivity index (χ4v) is 1.36. The summed E-state index contributed by atoms with van der Waals surface area (Å²) in [5.41, 5.74) is 0. The van der Waals surface area contributed by atoms with Gasteiger partial charge in [-0.2, -0.15) is 0 Å². The molecule has 0 aromatic heterocycles. The standard InChI is InChI=1S/C9H18O3/c1-9(2)11-7-8(12-9)5-4-6-10-3/h8H,4-7H2,1-3H3. The molecule has 1 atom stereocenters. The van der Waals surface area contributed by atoms with Crippen LogP contribution < -0.4 is 0 Å². The third kappa shape index (κ3) is 3.09. The third-order valence-electron chi connectivity index (χ3n) is 1.94. The molecule has 0 aliphatic carbocycles. The van der Waals surface area contributed by atoms with E-state index >= 15 is 0 Å². The highest BCUT2D eigenvalue weighted by Crippen LogP contribution is 2.24. The minimum atomic E-state index is -0.377. The predicted molar refractivity (Wildman–Crippen MR) is 46.0 cm³/mol. The first-order valence-corrected chi connectivity index (χ1v) is 4.45. The Bertz CT molecular complexity index is 134. The molecule has 1 aliphatic rings. The molecule has 0 N–H and O–H groups in total. The van der Waals surface area contributed by atoms with E-state index in [9.17, 15) is 0 Å². The first-order valence-electron chi connectivity index (χ1n) is 4.45. The topological polar surface area (TPSA) is 27.7 Å². The Balaban J connectivity index is 2.11. The normalized spacial score (nSPS) is 27.8. The van der Waals surface area contributed by atoms with Gasteiger partial charge in [-0.25, -0.2) is 0 Å². The average Bonchev–Trinajstić information content (AvgIpc) is 2.31. The lowest BCUT2D eigenvalue weighted by atomic mass is 10.2. The van der Waals surface area contributed by atoms with Crippen LogP contribution in [0.2, 0.25) is 0 Å². The molecule has 0 radical (unpaired) electrons. The molecule has 0 spiro atoms. The zero-order chi connectivity index (χ0) is 9.03. The minimum absolute atomic E-state index is 0.259. The average molecular weight is 174 g/mol. The number of rotatable bonds is 4. The molecule has 1 heterocycles. The van der Waals surface area contributed by atoms with E-state index in [0.717, 1.165) is 26.1 Å². The molecule has 0 amide bonds. The summed E-state index contributed by atoms with van der Waals surface area (Å²) in [5, 5.41) is 0. The molecule has 1 unspecified atom stereocenters. The maximum atomic E-state index is 5.62. The molecule has 1 aliphatic heterocycles. The van der Waals surface area contributed by atoms with E-state index in [4.69, 9.17) is 14.2 Å². The van der Waals surface area contributed by atoms with Crippen LogP contribution in [0.4, 0.5) is 0 Å². The van der Waals surface area contributed by atoms with Gasteiger partial charge in [-0.3, -0.25) is 0 Å². The van der Waals surface area contributed by atoms with E-state index < -0.39 is 0 Å². The van der Waals surface area contributed by atoms with E-state index in [1.807, 2.05) is 13.8 Å². The molecule has 0 bridgehead atoms. The van der Waals surface area contributed by atoms with Crippen LogP contribution in [0, 0.1) is 0 Å². The fourth-order valence-electron chi connectivity index (χ4n) is 1.36. The molecule has 0 saturated carbocycles. The second kappa shape index (κ2) is 4.21. The van der Waals surface area contributed by atoms with Gasteiger partial charge < -0.3 is 14.2 Å². The zero-order valence-corrected chi connectivity index (χ0v) is 8.13. The van der Waals surface area contributed by atoms with Gasteiger partial charge in [0.1, 0.15) is 0 Å². The lowest BCUT2D eigenvalue weighted by Gasteiger charge is -2.16. The third-order valence-corrected chi connectivity index (χ3v) is 1.94. The van der Waals surface area contributed by atoms with Crippen molar-refractivity contribution in [2.24, 2.45) is 0 Å². The highest BCUT2D eigenvalue weighted by Gasteiger charge is 2.31. The van der Waals surface area contributed by atoms with Crippen LogP contribution >= 0.6 is 0 Å². The Morgan fingerprint density at radius 2 is 2.25 bits per heavy atom. The Morgan fingerprint density at radius 3 is 2.75 bits per heavy atom. The van der Waals surface area contributed by atoms with E-state index in [1.54, 1.807) is 7.11 Å². The predicted octanol–water partition coefficient (Wildman–Crippen LogP) is 1.56. The van der Waals surface area contributed by atoms with Gasteiger partial charge >= 0.3 is 0 Å². The van der Waals surface area contributed by atoms with Crippen molar-refractivity contribution < 1.29 is 14.2 Å². The summed E-state index contributed by atoms with van der Waals surface area (Å²) in [6.07, 6.45) is 2.33. The summed E-state index contributed by atoms with van der Waals surface area (Å²) >= 11 is 0. The summed E-state index contributed by atoms with van der Waals surface area (Å²) in [6.45, 7) is 5.42. The molecule has 1 rings (SSSR count). The van der Waals surface area contributed by atoms with Gasteiger partial charge in [-0.15, -0.1) is 0 Å². The Labute approximate surface area is 74.0 Å². The van der Waals surface area contributed by atoms with Gasteiger partial charge in [0, 0.05) is 13.7 Å². The van der Waals surface area contributed by atoms with Gasteiger partial charge in [0.15, 0.2) is 5.79 Å². The smallest absolute Gasteiger partial charge is 0.163 e. The first-order chi connectivity index (χ1) is 5.64. The molecule has 0 aromatic carbocycles. The monoisotopic (exact) mass is 174 g/mol. The van der Waals surface area contributed by atoms with Gasteiger partial charge in [-0.05, 0) is 26.7 Å². The van der Waals surface area contributed by atoms with Crippen LogP contribution in [-0.4, -0.2) is 32.2 Å². The second-order valence-electron chi connectivity index (χ2n) is 3.59. The molecule has 3 heteroatoms. The van der Waals surface area contributed by atoms with Crippen molar-refractivity contribution in [2.75, 3.05) is 20.3 Å². The number of hydrogen-bond acceptors (Lipinski definition) is 3. The number of hydrogen-bond donors (Lipinski definition) is 0. The molecule has 12 heavy (non-hydrogen) atoms. The maximum absolute atomic E-state index is 5.62. The SMILES string of the molecule is COCCCC1COC(C)(C)O1. The quantitative estimate of drug-likeness (QED) is 0.605. The Morgan fingerprint density at radius 1 is 1.50 bits per heavy atom. The van der Waals surface area contributed by atoms with Crippen LogP contribution in [0.1, 0.15) is 26.7 Å². The first kappa shape index (κ1) is 9.96. The summed E-state index contributed by atoms with van der Waals surface area (Å²) in [4.78, 5) is 0. The van der Waals surface area contributed by atoms with Crippen LogP contribution in [0.25, 0.3) is 0 Å². The molecule has 1 saturated heterocycles. The molecular weight excluding hydrogens is 156 g/mol. The van der Waals surface area contributed by atoms with Gasteiger partial charge in [0.2, 0.25) is 0 Å². The largest absolute Gasteiger partial charge is 0.385 e. The van der Waals surface area contributed by atoms with E-state index in [-0.39, 0.29) is 11.9 Å². The maximum Gasteiger partial charge on any atom is 0.163 e. The van der Waals surface area contributed by atoms with Crippen LogP contribution in [-0.2, 0) is 14.2 Å². The van der Waals surface area contributed by atoms with Crippen molar-refractivity contribution in [1.82, 2.24) is 0 Å². The zero-order valence-electron chi connectivity index (χ0n) is 8.13. The van der Waals surface area contributed by atoms with Crippen molar-refractivity contribution in [3.05, 3.63) is 0 Å². The number of methoxy groups -OCH3 is 1. The minimum Gasteiger partial charge on any atom is -0.385 e. The summed E-state index contributed by atoms with van der Waals surface area (Å²) in [6, 6.07) is 0. The van der Waals surface area contributed by atoms with Crippen LogP contribution in [0.3, 0.4) is 0 Å².